The molecular weight excluding hydrogens is 402 g/mol. The first kappa shape index (κ1) is 19.4. The minimum atomic E-state index is -4.47. The van der Waals surface area contributed by atoms with E-state index in [9.17, 15) is 26.3 Å². The Balaban J connectivity index is 2.08. The van der Waals surface area contributed by atoms with Crippen molar-refractivity contribution in [3.05, 3.63) is 29.3 Å². The lowest BCUT2D eigenvalue weighted by molar-refractivity contribution is -0.148. The summed E-state index contributed by atoms with van der Waals surface area (Å²) in [5.74, 6) is -7.30. The SMILES string of the molecule is Fc1cc(C2CCC(CBr)CC2)cc(F)c1OCC(F)(F)C(F)F. The average molecular weight is 419 g/mol. The van der Waals surface area contributed by atoms with Crippen LogP contribution in [0.3, 0.4) is 0 Å². The van der Waals surface area contributed by atoms with Crippen LogP contribution in [0.4, 0.5) is 26.3 Å². The highest BCUT2D eigenvalue weighted by molar-refractivity contribution is 9.09. The van der Waals surface area contributed by atoms with Gasteiger partial charge in [-0.2, -0.15) is 8.78 Å². The van der Waals surface area contributed by atoms with Crippen molar-refractivity contribution in [2.75, 3.05) is 11.9 Å². The third kappa shape index (κ3) is 4.58. The summed E-state index contributed by atoms with van der Waals surface area (Å²) in [4.78, 5) is 0. The molecule has 24 heavy (non-hydrogen) atoms. The van der Waals surface area contributed by atoms with Crippen LogP contribution in [0.15, 0.2) is 12.1 Å². The van der Waals surface area contributed by atoms with Crippen LogP contribution in [-0.4, -0.2) is 24.3 Å². The molecule has 0 N–H and O–H groups in total. The van der Waals surface area contributed by atoms with Crippen molar-refractivity contribution in [3.8, 4) is 5.75 Å². The topological polar surface area (TPSA) is 9.23 Å². The summed E-state index contributed by atoms with van der Waals surface area (Å²) in [7, 11) is 0. The van der Waals surface area contributed by atoms with Crippen molar-refractivity contribution in [2.45, 2.75) is 43.9 Å². The van der Waals surface area contributed by atoms with Crippen LogP contribution in [0.5, 0.6) is 5.75 Å². The molecule has 0 radical (unpaired) electrons. The summed E-state index contributed by atoms with van der Waals surface area (Å²) in [5, 5.41) is 0.883. The Morgan fingerprint density at radius 3 is 2.08 bits per heavy atom. The van der Waals surface area contributed by atoms with E-state index in [1.54, 1.807) is 0 Å². The van der Waals surface area contributed by atoms with Gasteiger partial charge < -0.3 is 4.74 Å². The lowest BCUT2D eigenvalue weighted by Gasteiger charge is -2.28. The number of hydrogen-bond acceptors (Lipinski definition) is 1. The minimum absolute atomic E-state index is 0.0131. The van der Waals surface area contributed by atoms with Gasteiger partial charge in [0.25, 0.3) is 0 Å². The van der Waals surface area contributed by atoms with Crippen LogP contribution < -0.4 is 4.74 Å². The third-order valence-corrected chi connectivity index (χ3v) is 5.20. The third-order valence-electron chi connectivity index (χ3n) is 4.29. The van der Waals surface area contributed by atoms with E-state index in [-0.39, 0.29) is 5.92 Å². The van der Waals surface area contributed by atoms with E-state index >= 15 is 0 Å². The maximum absolute atomic E-state index is 14.0. The molecule has 0 spiro atoms. The number of benzene rings is 1. The molecule has 0 bridgehead atoms. The number of alkyl halides is 5. The summed E-state index contributed by atoms with van der Waals surface area (Å²) in [6.45, 7) is -1.78. The zero-order chi connectivity index (χ0) is 17.9. The van der Waals surface area contributed by atoms with Crippen LogP contribution in [0, 0.1) is 17.6 Å². The Morgan fingerprint density at radius 2 is 1.62 bits per heavy atom. The Hall–Kier alpha value is -0.920. The lowest BCUT2D eigenvalue weighted by atomic mass is 9.79. The highest BCUT2D eigenvalue weighted by atomic mass is 79.9. The number of rotatable bonds is 6. The van der Waals surface area contributed by atoms with Gasteiger partial charge in [0.1, 0.15) is 0 Å². The van der Waals surface area contributed by atoms with Crippen molar-refractivity contribution in [1.82, 2.24) is 0 Å². The first-order chi connectivity index (χ1) is 11.2. The molecule has 0 amide bonds. The molecule has 1 aliphatic rings. The fraction of sp³-hybridized carbons (Fsp3) is 0.625. The molecule has 2 rings (SSSR count). The Bertz CT molecular complexity index is 534. The monoisotopic (exact) mass is 418 g/mol. The maximum Gasteiger partial charge on any atom is 0.340 e. The summed E-state index contributed by atoms with van der Waals surface area (Å²) in [6.07, 6.45) is -0.555. The van der Waals surface area contributed by atoms with Crippen molar-refractivity contribution >= 4 is 15.9 Å². The standard InChI is InChI=1S/C16H17BrF6O/c17-7-9-1-3-10(4-2-9)11-5-12(18)14(13(19)6-11)24-8-16(22,23)15(20)21/h5-6,9-10,15H,1-4,7-8H2. The van der Waals surface area contributed by atoms with E-state index in [0.29, 0.717) is 11.5 Å². The van der Waals surface area contributed by atoms with Crippen molar-refractivity contribution in [3.63, 3.8) is 0 Å². The van der Waals surface area contributed by atoms with Gasteiger partial charge >= 0.3 is 12.3 Å². The molecule has 0 unspecified atom stereocenters. The van der Waals surface area contributed by atoms with E-state index in [1.165, 1.54) is 0 Å². The molecule has 0 aliphatic heterocycles. The largest absolute Gasteiger partial charge is 0.481 e. The van der Waals surface area contributed by atoms with Crippen LogP contribution in [-0.2, 0) is 0 Å². The first-order valence-electron chi connectivity index (χ1n) is 7.58. The molecule has 1 aromatic rings. The van der Waals surface area contributed by atoms with Crippen LogP contribution in [0.1, 0.15) is 37.2 Å². The van der Waals surface area contributed by atoms with Crippen molar-refractivity contribution in [2.24, 2.45) is 5.92 Å². The number of hydrogen-bond donors (Lipinski definition) is 0. The zero-order valence-corrected chi connectivity index (χ0v) is 14.3. The molecule has 1 nitrogen and oxygen atoms in total. The fourth-order valence-corrected chi connectivity index (χ4v) is 3.48. The van der Waals surface area contributed by atoms with Crippen LogP contribution in [0.2, 0.25) is 0 Å². The normalized spacial score (nSPS) is 22.0. The second-order valence-electron chi connectivity index (χ2n) is 6.04. The van der Waals surface area contributed by atoms with E-state index in [4.69, 9.17) is 0 Å². The molecule has 1 saturated carbocycles. The van der Waals surface area contributed by atoms with Gasteiger partial charge in [-0.15, -0.1) is 0 Å². The van der Waals surface area contributed by atoms with Crippen molar-refractivity contribution < 1.29 is 31.1 Å². The first-order valence-corrected chi connectivity index (χ1v) is 8.70. The molecule has 0 aromatic heterocycles. The smallest absolute Gasteiger partial charge is 0.340 e. The van der Waals surface area contributed by atoms with Gasteiger partial charge in [0, 0.05) is 5.33 Å². The quantitative estimate of drug-likeness (QED) is 0.412. The van der Waals surface area contributed by atoms with Gasteiger partial charge in [-0.25, -0.2) is 17.6 Å². The van der Waals surface area contributed by atoms with Gasteiger partial charge in [0.05, 0.1) is 0 Å². The van der Waals surface area contributed by atoms with Crippen LogP contribution >= 0.6 is 15.9 Å². The van der Waals surface area contributed by atoms with Gasteiger partial charge in [-0.3, -0.25) is 0 Å². The Morgan fingerprint density at radius 1 is 1.08 bits per heavy atom. The summed E-state index contributed by atoms with van der Waals surface area (Å²) in [6, 6.07) is 2.08. The van der Waals surface area contributed by atoms with Gasteiger partial charge in [-0.05, 0) is 55.2 Å². The summed E-state index contributed by atoms with van der Waals surface area (Å²) < 4.78 is 82.0. The van der Waals surface area contributed by atoms with Gasteiger partial charge in [-0.1, -0.05) is 15.9 Å². The number of ether oxygens (including phenoxy) is 1. The molecule has 1 aliphatic carbocycles. The fourth-order valence-electron chi connectivity index (χ4n) is 2.83. The second kappa shape index (κ2) is 7.97. The maximum atomic E-state index is 14.0. The Kier molecular flexibility index (Phi) is 6.45. The second-order valence-corrected chi connectivity index (χ2v) is 6.68. The molecule has 0 atom stereocenters. The van der Waals surface area contributed by atoms with Gasteiger partial charge in [0.15, 0.2) is 24.0 Å². The predicted octanol–water partition coefficient (Wildman–Crippen LogP) is 5.91. The molecule has 136 valence electrons. The highest BCUT2D eigenvalue weighted by Crippen LogP contribution is 2.38. The molecular formula is C16H17BrF6O. The lowest BCUT2D eigenvalue weighted by Crippen LogP contribution is -2.34. The van der Waals surface area contributed by atoms with E-state index in [2.05, 4.69) is 20.7 Å². The summed E-state index contributed by atoms with van der Waals surface area (Å²) in [5.41, 5.74) is 0.436. The molecule has 0 heterocycles. The minimum Gasteiger partial charge on any atom is -0.481 e. The predicted molar refractivity (Wildman–Crippen MR) is 81.3 cm³/mol. The van der Waals surface area contributed by atoms with E-state index < -0.39 is 36.3 Å². The Labute approximate surface area is 144 Å². The van der Waals surface area contributed by atoms with Crippen LogP contribution in [0.25, 0.3) is 0 Å². The van der Waals surface area contributed by atoms with Crippen molar-refractivity contribution in [1.29, 1.82) is 0 Å². The molecule has 8 heteroatoms. The van der Waals surface area contributed by atoms with E-state index in [0.717, 1.165) is 43.1 Å². The summed E-state index contributed by atoms with van der Waals surface area (Å²) >= 11 is 3.41. The van der Waals surface area contributed by atoms with E-state index in [1.807, 2.05) is 0 Å². The number of halogens is 7. The molecule has 0 saturated heterocycles. The molecule has 1 aromatic carbocycles. The average Bonchev–Trinajstić information content (AvgIpc) is 2.53. The van der Waals surface area contributed by atoms with Gasteiger partial charge in [0.2, 0.25) is 0 Å². The zero-order valence-electron chi connectivity index (χ0n) is 12.7. The highest BCUT2D eigenvalue weighted by Gasteiger charge is 2.42. The molecule has 1 fully saturated rings.